The minimum Gasteiger partial charge on any atom is -0.330 e. The van der Waals surface area contributed by atoms with E-state index in [1.54, 1.807) is 0 Å². The van der Waals surface area contributed by atoms with E-state index >= 15 is 0 Å². The van der Waals surface area contributed by atoms with Gasteiger partial charge < -0.3 is 9.88 Å². The van der Waals surface area contributed by atoms with Crippen LogP contribution >= 0.6 is 0 Å². The highest BCUT2D eigenvalue weighted by atomic mass is 15.1. The van der Waals surface area contributed by atoms with Crippen molar-refractivity contribution < 1.29 is 0 Å². The molecule has 2 aromatic rings. The Hall–Kier alpha value is -1.35. The molecule has 0 bridgehead atoms. The maximum Gasteiger partial charge on any atom is 0.123 e. The average molecular weight is 257 g/mol. The quantitative estimate of drug-likeness (QED) is 0.861. The van der Waals surface area contributed by atoms with Gasteiger partial charge in [0.15, 0.2) is 0 Å². The summed E-state index contributed by atoms with van der Waals surface area (Å²) in [7, 11) is 2.11. The molecule has 0 radical (unpaired) electrons. The van der Waals surface area contributed by atoms with Gasteiger partial charge in [0.2, 0.25) is 0 Å². The Balaban J connectivity index is 1.68. The van der Waals surface area contributed by atoms with Crippen molar-refractivity contribution in [3.8, 4) is 0 Å². The summed E-state index contributed by atoms with van der Waals surface area (Å²) in [5, 5.41) is 3.68. The second-order valence-electron chi connectivity index (χ2n) is 5.74. The zero-order valence-corrected chi connectivity index (χ0v) is 11.9. The molecule has 0 spiro atoms. The van der Waals surface area contributed by atoms with E-state index in [9.17, 15) is 0 Å². The molecule has 0 saturated heterocycles. The van der Waals surface area contributed by atoms with E-state index in [1.165, 1.54) is 31.2 Å². The predicted octanol–water partition coefficient (Wildman–Crippen LogP) is 3.24. The smallest absolute Gasteiger partial charge is 0.123 e. The molecule has 1 N–H and O–H groups in total. The third-order valence-electron chi connectivity index (χ3n) is 4.24. The zero-order valence-electron chi connectivity index (χ0n) is 11.9. The first-order valence-electron chi connectivity index (χ1n) is 7.41. The minimum atomic E-state index is 0.646. The van der Waals surface area contributed by atoms with Gasteiger partial charge in [0.05, 0.1) is 17.6 Å². The fourth-order valence-corrected chi connectivity index (χ4v) is 2.74. The van der Waals surface area contributed by atoms with E-state index in [2.05, 4.69) is 48.1 Å². The molecule has 0 amide bonds. The number of nitrogens with one attached hydrogen (secondary N) is 1. The Morgan fingerprint density at radius 1 is 1.37 bits per heavy atom. The summed E-state index contributed by atoms with van der Waals surface area (Å²) in [6.45, 7) is 3.14. The van der Waals surface area contributed by atoms with Crippen LogP contribution in [0.15, 0.2) is 24.3 Å². The van der Waals surface area contributed by atoms with E-state index < -0.39 is 0 Å². The molecule has 1 aliphatic carbocycles. The van der Waals surface area contributed by atoms with Crippen molar-refractivity contribution in [1.29, 1.82) is 0 Å². The first-order chi connectivity index (χ1) is 9.28. The molecule has 1 fully saturated rings. The van der Waals surface area contributed by atoms with E-state index in [4.69, 9.17) is 4.98 Å². The van der Waals surface area contributed by atoms with Crippen molar-refractivity contribution in [2.75, 3.05) is 0 Å². The maximum absolute atomic E-state index is 4.71. The number of aryl methyl sites for hydroxylation is 1. The Morgan fingerprint density at radius 2 is 2.16 bits per heavy atom. The molecule has 1 aromatic carbocycles. The van der Waals surface area contributed by atoms with Crippen molar-refractivity contribution in [1.82, 2.24) is 14.9 Å². The summed E-state index contributed by atoms with van der Waals surface area (Å²) in [4.78, 5) is 4.71. The van der Waals surface area contributed by atoms with Crippen LogP contribution < -0.4 is 5.32 Å². The van der Waals surface area contributed by atoms with Gasteiger partial charge >= 0.3 is 0 Å². The number of rotatable bonds is 6. The number of aromatic nitrogens is 2. The standard InChI is InChI=1S/C16H23N3/c1-3-13(10-12-8-9-12)17-11-16-18-14-6-4-5-7-15(14)19(16)2/h4-7,12-13,17H,3,8-11H2,1-2H3. The van der Waals surface area contributed by atoms with Crippen molar-refractivity contribution in [2.45, 2.75) is 45.2 Å². The molecular formula is C16H23N3. The highest BCUT2D eigenvalue weighted by Crippen LogP contribution is 2.34. The van der Waals surface area contributed by atoms with Crippen LogP contribution in [0.5, 0.6) is 0 Å². The number of para-hydroxylation sites is 2. The van der Waals surface area contributed by atoms with Crippen LogP contribution in [0.2, 0.25) is 0 Å². The lowest BCUT2D eigenvalue weighted by Gasteiger charge is -2.16. The predicted molar refractivity (Wildman–Crippen MR) is 79.0 cm³/mol. The number of hydrogen-bond donors (Lipinski definition) is 1. The normalized spacial score (nSPS) is 16.9. The van der Waals surface area contributed by atoms with Crippen LogP contribution in [0.4, 0.5) is 0 Å². The third kappa shape index (κ3) is 2.81. The fraction of sp³-hybridized carbons (Fsp3) is 0.562. The van der Waals surface area contributed by atoms with Crippen LogP contribution in [-0.4, -0.2) is 15.6 Å². The highest BCUT2D eigenvalue weighted by Gasteiger charge is 2.24. The van der Waals surface area contributed by atoms with Gasteiger partial charge in [-0.1, -0.05) is 31.9 Å². The van der Waals surface area contributed by atoms with E-state index in [-0.39, 0.29) is 0 Å². The molecular weight excluding hydrogens is 234 g/mol. The average Bonchev–Trinajstić information content (AvgIpc) is 3.20. The van der Waals surface area contributed by atoms with Gasteiger partial charge in [-0.25, -0.2) is 4.98 Å². The maximum atomic E-state index is 4.71. The SMILES string of the molecule is CCC(CC1CC1)NCc1nc2ccccc2n1C. The zero-order chi connectivity index (χ0) is 13.2. The monoisotopic (exact) mass is 257 g/mol. The van der Waals surface area contributed by atoms with Crippen LogP contribution in [0.1, 0.15) is 38.4 Å². The van der Waals surface area contributed by atoms with Crippen LogP contribution in [-0.2, 0) is 13.6 Å². The van der Waals surface area contributed by atoms with Crippen molar-refractivity contribution in [2.24, 2.45) is 13.0 Å². The molecule has 0 aliphatic heterocycles. The highest BCUT2D eigenvalue weighted by molar-refractivity contribution is 5.75. The summed E-state index contributed by atoms with van der Waals surface area (Å²) < 4.78 is 2.20. The lowest BCUT2D eigenvalue weighted by Crippen LogP contribution is -2.29. The molecule has 1 heterocycles. The van der Waals surface area contributed by atoms with Crippen molar-refractivity contribution >= 4 is 11.0 Å². The Bertz CT molecular complexity index is 554. The summed E-state index contributed by atoms with van der Waals surface area (Å²) in [5.41, 5.74) is 2.31. The van der Waals surface area contributed by atoms with Crippen LogP contribution in [0, 0.1) is 5.92 Å². The number of nitrogens with zero attached hydrogens (tertiary/aromatic N) is 2. The van der Waals surface area contributed by atoms with Crippen molar-refractivity contribution in [3.63, 3.8) is 0 Å². The van der Waals surface area contributed by atoms with Crippen LogP contribution in [0.3, 0.4) is 0 Å². The molecule has 1 saturated carbocycles. The van der Waals surface area contributed by atoms with Crippen molar-refractivity contribution in [3.05, 3.63) is 30.1 Å². The van der Waals surface area contributed by atoms with Gasteiger partial charge in [0.25, 0.3) is 0 Å². The van der Waals surface area contributed by atoms with Gasteiger partial charge in [0.1, 0.15) is 5.82 Å². The second-order valence-corrected chi connectivity index (χ2v) is 5.74. The van der Waals surface area contributed by atoms with E-state index in [1.807, 2.05) is 0 Å². The largest absolute Gasteiger partial charge is 0.330 e. The Labute approximate surface area is 115 Å². The van der Waals surface area contributed by atoms with Gasteiger partial charge in [0, 0.05) is 13.1 Å². The molecule has 102 valence electrons. The van der Waals surface area contributed by atoms with Gasteiger partial charge in [-0.15, -0.1) is 0 Å². The minimum absolute atomic E-state index is 0.646. The molecule has 3 heteroatoms. The molecule has 1 atom stereocenters. The molecule has 1 aliphatic rings. The molecule has 3 nitrogen and oxygen atoms in total. The number of fused-ring (bicyclic) bond motifs is 1. The molecule has 3 rings (SSSR count). The van der Waals surface area contributed by atoms with Gasteiger partial charge in [-0.3, -0.25) is 0 Å². The molecule has 1 aromatic heterocycles. The number of imidazole rings is 1. The summed E-state index contributed by atoms with van der Waals surface area (Å²) in [6, 6.07) is 8.98. The Morgan fingerprint density at radius 3 is 2.84 bits per heavy atom. The first-order valence-corrected chi connectivity index (χ1v) is 7.41. The second kappa shape index (κ2) is 5.33. The molecule has 19 heavy (non-hydrogen) atoms. The Kier molecular flexibility index (Phi) is 3.56. The fourth-order valence-electron chi connectivity index (χ4n) is 2.74. The summed E-state index contributed by atoms with van der Waals surface area (Å²) in [6.07, 6.45) is 5.41. The lowest BCUT2D eigenvalue weighted by molar-refractivity contribution is 0.436. The number of hydrogen-bond acceptors (Lipinski definition) is 2. The summed E-state index contributed by atoms with van der Waals surface area (Å²) in [5.74, 6) is 2.12. The van der Waals surface area contributed by atoms with E-state index in [0.29, 0.717) is 6.04 Å². The van der Waals surface area contributed by atoms with Crippen LogP contribution in [0.25, 0.3) is 11.0 Å². The van der Waals surface area contributed by atoms with Gasteiger partial charge in [-0.2, -0.15) is 0 Å². The van der Waals surface area contributed by atoms with E-state index in [0.717, 1.165) is 23.8 Å². The summed E-state index contributed by atoms with van der Waals surface area (Å²) >= 11 is 0. The third-order valence-corrected chi connectivity index (χ3v) is 4.24. The topological polar surface area (TPSA) is 29.9 Å². The molecule has 1 unspecified atom stereocenters. The number of benzene rings is 1. The van der Waals surface area contributed by atoms with Gasteiger partial charge in [-0.05, 0) is 30.9 Å². The lowest BCUT2D eigenvalue weighted by atomic mass is 10.1. The first kappa shape index (κ1) is 12.7.